The number of alkyl halides is 6. The standard InChI is InChI=1S/C7H11F4N.C7H13F2N/c1-5(2)12-3-6(8,9)7(10,11)4-12;1-6(2)10-4-3-7(8,9)5-10/h5H,3-4H2,1-2H3;6H,3-5H2,1-2H3. The molecule has 2 fully saturated rings. The molecule has 22 heavy (non-hydrogen) atoms. The van der Waals surface area contributed by atoms with Crippen LogP contribution in [-0.4, -0.2) is 65.8 Å². The third-order valence-corrected chi connectivity index (χ3v) is 4.00. The van der Waals surface area contributed by atoms with Crippen molar-refractivity contribution in [3.05, 3.63) is 0 Å². The van der Waals surface area contributed by atoms with E-state index in [-0.39, 0.29) is 25.0 Å². The highest BCUT2D eigenvalue weighted by molar-refractivity contribution is 4.97. The number of rotatable bonds is 2. The third kappa shape index (κ3) is 4.75. The molecular weight excluding hydrogens is 310 g/mol. The van der Waals surface area contributed by atoms with Gasteiger partial charge in [-0.3, -0.25) is 9.80 Å². The number of hydrogen-bond donors (Lipinski definition) is 0. The molecule has 132 valence electrons. The number of likely N-dealkylation sites (tertiary alicyclic amines) is 2. The van der Waals surface area contributed by atoms with Gasteiger partial charge in [0.2, 0.25) is 0 Å². The van der Waals surface area contributed by atoms with Gasteiger partial charge < -0.3 is 0 Å². The van der Waals surface area contributed by atoms with E-state index >= 15 is 0 Å². The van der Waals surface area contributed by atoms with E-state index in [1.54, 1.807) is 18.7 Å². The van der Waals surface area contributed by atoms with E-state index in [0.29, 0.717) is 6.54 Å². The molecule has 2 aliphatic heterocycles. The fraction of sp³-hybridized carbons (Fsp3) is 1.00. The van der Waals surface area contributed by atoms with Crippen LogP contribution in [0.4, 0.5) is 26.3 Å². The summed E-state index contributed by atoms with van der Waals surface area (Å²) in [7, 11) is 0. The van der Waals surface area contributed by atoms with Crippen LogP contribution < -0.4 is 0 Å². The first-order valence-corrected chi connectivity index (χ1v) is 7.39. The van der Waals surface area contributed by atoms with E-state index in [4.69, 9.17) is 0 Å². The molecule has 0 spiro atoms. The molecule has 2 saturated heterocycles. The van der Waals surface area contributed by atoms with Crippen LogP contribution in [0.1, 0.15) is 34.1 Å². The van der Waals surface area contributed by atoms with Gasteiger partial charge in [-0.2, -0.15) is 17.6 Å². The van der Waals surface area contributed by atoms with Gasteiger partial charge in [-0.05, 0) is 27.7 Å². The van der Waals surface area contributed by atoms with Crippen LogP contribution in [0.15, 0.2) is 0 Å². The monoisotopic (exact) mass is 334 g/mol. The van der Waals surface area contributed by atoms with Gasteiger partial charge in [0.25, 0.3) is 5.92 Å². The minimum absolute atomic E-state index is 0.0329. The Balaban J connectivity index is 0.000000224. The molecule has 0 radical (unpaired) electrons. The van der Waals surface area contributed by atoms with Crippen LogP contribution in [0.25, 0.3) is 0 Å². The first kappa shape index (κ1) is 19.5. The van der Waals surface area contributed by atoms with Crippen molar-refractivity contribution < 1.29 is 26.3 Å². The van der Waals surface area contributed by atoms with Crippen molar-refractivity contribution in [3.8, 4) is 0 Å². The summed E-state index contributed by atoms with van der Waals surface area (Å²) >= 11 is 0. The summed E-state index contributed by atoms with van der Waals surface area (Å²) < 4.78 is 75.2. The van der Waals surface area contributed by atoms with E-state index in [2.05, 4.69) is 0 Å². The second-order valence-corrected chi connectivity index (χ2v) is 6.58. The lowest BCUT2D eigenvalue weighted by Gasteiger charge is -2.19. The average molecular weight is 334 g/mol. The van der Waals surface area contributed by atoms with Gasteiger partial charge in [0.05, 0.1) is 19.6 Å². The van der Waals surface area contributed by atoms with Gasteiger partial charge in [0.15, 0.2) is 0 Å². The molecule has 0 aromatic carbocycles. The van der Waals surface area contributed by atoms with Crippen LogP contribution in [0.2, 0.25) is 0 Å². The number of hydrogen-bond acceptors (Lipinski definition) is 2. The fourth-order valence-corrected chi connectivity index (χ4v) is 2.37. The van der Waals surface area contributed by atoms with Gasteiger partial charge in [0.1, 0.15) is 0 Å². The highest BCUT2D eigenvalue weighted by Gasteiger charge is 2.62. The predicted octanol–water partition coefficient (Wildman–Crippen LogP) is 3.72. The number of nitrogens with zero attached hydrogens (tertiary/aromatic N) is 2. The van der Waals surface area contributed by atoms with Crippen LogP contribution in [0.5, 0.6) is 0 Å². The summed E-state index contributed by atoms with van der Waals surface area (Å²) in [5.41, 5.74) is 0. The highest BCUT2D eigenvalue weighted by atomic mass is 19.3. The molecule has 0 amide bonds. The Morgan fingerprint density at radius 1 is 0.682 bits per heavy atom. The van der Waals surface area contributed by atoms with Crippen LogP contribution in [0, 0.1) is 0 Å². The maximum Gasteiger partial charge on any atom is 0.323 e. The summed E-state index contributed by atoms with van der Waals surface area (Å²) in [6, 6.07) is -0.00220. The largest absolute Gasteiger partial charge is 0.323 e. The maximum atomic E-state index is 12.5. The maximum absolute atomic E-state index is 12.5. The van der Waals surface area contributed by atoms with Crippen molar-refractivity contribution in [2.45, 2.75) is 64.0 Å². The lowest BCUT2D eigenvalue weighted by Crippen LogP contribution is -2.38. The SMILES string of the molecule is CC(C)N1CC(F)(F)C(F)(F)C1.CC(C)N1CCC(F)(F)C1. The molecular formula is C14H24F6N2. The Hall–Kier alpha value is -0.500. The van der Waals surface area contributed by atoms with E-state index in [1.165, 1.54) is 0 Å². The van der Waals surface area contributed by atoms with Gasteiger partial charge >= 0.3 is 11.8 Å². The van der Waals surface area contributed by atoms with Crippen LogP contribution in [0.3, 0.4) is 0 Å². The van der Waals surface area contributed by atoms with Crippen molar-refractivity contribution in [2.75, 3.05) is 26.2 Å². The van der Waals surface area contributed by atoms with E-state index in [0.717, 1.165) is 4.90 Å². The molecule has 8 heteroatoms. The highest BCUT2D eigenvalue weighted by Crippen LogP contribution is 2.41. The summed E-state index contributed by atoms with van der Waals surface area (Å²) in [5.74, 6) is -10.2. The third-order valence-electron chi connectivity index (χ3n) is 4.00. The molecule has 2 aliphatic rings. The van der Waals surface area contributed by atoms with Gasteiger partial charge in [0, 0.05) is 25.0 Å². The first-order chi connectivity index (χ1) is 9.77. The van der Waals surface area contributed by atoms with Crippen molar-refractivity contribution in [1.82, 2.24) is 9.80 Å². The molecule has 0 N–H and O–H groups in total. The van der Waals surface area contributed by atoms with Crippen molar-refractivity contribution in [1.29, 1.82) is 0 Å². The topological polar surface area (TPSA) is 6.48 Å². The molecule has 0 aromatic heterocycles. The van der Waals surface area contributed by atoms with E-state index < -0.39 is 30.9 Å². The molecule has 2 heterocycles. The van der Waals surface area contributed by atoms with Crippen molar-refractivity contribution in [2.24, 2.45) is 0 Å². The zero-order valence-electron chi connectivity index (χ0n) is 13.4. The lowest BCUT2D eigenvalue weighted by atomic mass is 10.2. The quantitative estimate of drug-likeness (QED) is 0.710. The first-order valence-electron chi connectivity index (χ1n) is 7.39. The Labute approximate surface area is 127 Å². The van der Waals surface area contributed by atoms with E-state index in [1.807, 2.05) is 13.8 Å². The zero-order valence-corrected chi connectivity index (χ0v) is 13.4. The summed E-state index contributed by atoms with van der Waals surface area (Å²) in [4.78, 5) is 2.89. The van der Waals surface area contributed by atoms with Crippen LogP contribution in [-0.2, 0) is 0 Å². The van der Waals surface area contributed by atoms with Gasteiger partial charge in [-0.1, -0.05) is 0 Å². The molecule has 0 aliphatic carbocycles. The summed E-state index contributed by atoms with van der Waals surface area (Å²) in [6.45, 7) is 5.96. The Bertz CT molecular complexity index is 354. The fourth-order valence-electron chi connectivity index (χ4n) is 2.37. The predicted molar refractivity (Wildman–Crippen MR) is 72.9 cm³/mol. The second-order valence-electron chi connectivity index (χ2n) is 6.58. The zero-order chi connectivity index (χ0) is 17.3. The average Bonchev–Trinajstić information content (AvgIpc) is 2.78. The van der Waals surface area contributed by atoms with Crippen molar-refractivity contribution >= 4 is 0 Å². The molecule has 0 saturated carbocycles. The van der Waals surface area contributed by atoms with Gasteiger partial charge in [-0.15, -0.1) is 0 Å². The van der Waals surface area contributed by atoms with Gasteiger partial charge in [-0.25, -0.2) is 8.78 Å². The summed E-state index contributed by atoms with van der Waals surface area (Å²) in [5, 5.41) is 0. The molecule has 0 bridgehead atoms. The lowest BCUT2D eigenvalue weighted by molar-refractivity contribution is -0.172. The minimum atomic E-state index is -3.86. The molecule has 0 unspecified atom stereocenters. The Morgan fingerprint density at radius 3 is 1.27 bits per heavy atom. The summed E-state index contributed by atoms with van der Waals surface area (Å²) in [6.07, 6.45) is 0.0329. The normalized spacial score (nSPS) is 27.3. The van der Waals surface area contributed by atoms with Crippen molar-refractivity contribution in [3.63, 3.8) is 0 Å². The Kier molecular flexibility index (Phi) is 5.82. The second kappa shape index (κ2) is 6.55. The smallest absolute Gasteiger partial charge is 0.295 e. The molecule has 2 nitrogen and oxygen atoms in total. The number of halogens is 6. The molecule has 0 atom stereocenters. The molecule has 0 aromatic rings. The Morgan fingerprint density at radius 2 is 1.09 bits per heavy atom. The molecule has 2 rings (SSSR count). The van der Waals surface area contributed by atoms with Crippen LogP contribution >= 0.6 is 0 Å². The minimum Gasteiger partial charge on any atom is -0.295 e. The van der Waals surface area contributed by atoms with E-state index in [9.17, 15) is 26.3 Å².